The Bertz CT molecular complexity index is 1850. The Hall–Kier alpha value is -1.96. The van der Waals surface area contributed by atoms with E-state index in [1.54, 1.807) is 26.8 Å². The van der Waals surface area contributed by atoms with Gasteiger partial charge in [0.2, 0.25) is 0 Å². The third-order valence-electron chi connectivity index (χ3n) is 18.4. The monoisotopic (exact) mass is 984 g/mol. The molecule has 0 spiro atoms. The molecule has 0 aromatic carbocycles. The zero-order valence-electron chi connectivity index (χ0n) is 40.5. The highest BCUT2D eigenvalue weighted by atomic mass is 16.8. The molecule has 0 aromatic rings. The van der Waals surface area contributed by atoms with E-state index in [-0.39, 0.29) is 61.1 Å². The quantitative estimate of drug-likeness (QED) is 0.104. The highest BCUT2D eigenvalue weighted by molar-refractivity contribution is 5.85. The highest BCUT2D eigenvalue weighted by Crippen LogP contribution is 2.70. The zero-order chi connectivity index (χ0) is 49.5. The van der Waals surface area contributed by atoms with Crippen LogP contribution in [0.5, 0.6) is 0 Å². The molecule has 26 atom stereocenters. The standard InChI is InChI=1S/C49H76O20/c1-21-43(67-38-17-32(53)44(22(2)62-38)68-39-18-33(64-24(4)51)45(23(3)63-39)69-46-42(58)41(57)40(56)34(19-50)66-46)31(52)16-37(61-21)65-27-9-11-47(5)26(14-27)7-8-29-30(47)15-35(54)48(6)28(10-12-49(29,48)59)25-13-36(55)60-20-25/h13,21-23,26-35,37-46,50,52-54,56-59H,7-12,14-20H2,1-6H3/t21-,22-,23-,26-,27+,28?,29?,30+,31+,32+,33+,34-,35-,37-,38+,39+,40-,41+,42-,43-,44-,45+,46+,47?,48-,49+/m1/s1. The molecule has 0 radical (unpaired) electrons. The van der Waals surface area contributed by atoms with Crippen LogP contribution in [0.1, 0.15) is 112 Å². The predicted molar refractivity (Wildman–Crippen MR) is 235 cm³/mol. The number of rotatable bonds is 11. The number of fused-ring (bicyclic) bond motifs is 5. The normalized spacial score (nSPS) is 53.3. The summed E-state index contributed by atoms with van der Waals surface area (Å²) in [6.07, 6.45) is -11.1. The Morgan fingerprint density at radius 2 is 1.33 bits per heavy atom. The van der Waals surface area contributed by atoms with Crippen LogP contribution in [-0.4, -0.2) is 188 Å². The van der Waals surface area contributed by atoms with E-state index in [1.807, 2.05) is 6.92 Å². The first-order valence-electron chi connectivity index (χ1n) is 25.3. The second kappa shape index (κ2) is 20.0. The van der Waals surface area contributed by atoms with E-state index in [0.29, 0.717) is 25.2 Å². The Balaban J connectivity index is 0.752. The van der Waals surface area contributed by atoms with Crippen molar-refractivity contribution in [2.75, 3.05) is 13.2 Å². The lowest BCUT2D eigenvalue weighted by Crippen LogP contribution is -2.67. The first-order chi connectivity index (χ1) is 32.6. The lowest BCUT2D eigenvalue weighted by molar-refractivity contribution is -0.355. The van der Waals surface area contributed by atoms with Crippen molar-refractivity contribution in [3.63, 3.8) is 0 Å². The summed E-state index contributed by atoms with van der Waals surface area (Å²) in [4.78, 5) is 24.2. The molecule has 8 fully saturated rings. The Morgan fingerprint density at radius 1 is 0.710 bits per heavy atom. The van der Waals surface area contributed by atoms with Crippen LogP contribution in [0, 0.1) is 34.5 Å². The van der Waals surface area contributed by atoms with E-state index in [9.17, 15) is 50.4 Å². The number of aliphatic hydroxyl groups excluding tert-OH is 7. The molecule has 0 amide bonds. The van der Waals surface area contributed by atoms with Gasteiger partial charge in [0, 0.05) is 37.7 Å². The number of carbonyl (C=O) groups excluding carboxylic acids is 2. The predicted octanol–water partition coefficient (Wildman–Crippen LogP) is 0.613. The summed E-state index contributed by atoms with van der Waals surface area (Å²) < 4.78 is 60.1. The van der Waals surface area contributed by atoms with Gasteiger partial charge in [-0.25, -0.2) is 4.79 Å². The van der Waals surface area contributed by atoms with Gasteiger partial charge in [0.1, 0.15) is 55.4 Å². The number of hydrogen-bond acceptors (Lipinski definition) is 20. The number of hydrogen-bond donors (Lipinski definition) is 8. The maximum absolute atomic E-state index is 12.6. The largest absolute Gasteiger partial charge is 0.459 e. The van der Waals surface area contributed by atoms with Crippen LogP contribution in [0.2, 0.25) is 0 Å². The average Bonchev–Trinajstić information content (AvgIpc) is 3.84. The summed E-state index contributed by atoms with van der Waals surface area (Å²) in [6, 6.07) is 0. The summed E-state index contributed by atoms with van der Waals surface area (Å²) in [7, 11) is 0. The van der Waals surface area contributed by atoms with Gasteiger partial charge in [0.25, 0.3) is 0 Å². The molecule has 8 N–H and O–H groups in total. The topological polar surface area (TPSA) is 288 Å². The van der Waals surface area contributed by atoms with E-state index in [2.05, 4.69) is 6.92 Å². The van der Waals surface area contributed by atoms with Crippen molar-refractivity contribution in [2.24, 2.45) is 34.5 Å². The summed E-state index contributed by atoms with van der Waals surface area (Å²) >= 11 is 0. The third kappa shape index (κ3) is 9.48. The van der Waals surface area contributed by atoms with Crippen LogP contribution in [-0.2, 0) is 57.0 Å². The van der Waals surface area contributed by atoms with Crippen LogP contribution < -0.4 is 0 Å². The van der Waals surface area contributed by atoms with Gasteiger partial charge in [0.05, 0.1) is 54.9 Å². The van der Waals surface area contributed by atoms with E-state index in [4.69, 9.17) is 47.4 Å². The van der Waals surface area contributed by atoms with Crippen molar-refractivity contribution in [3.05, 3.63) is 11.6 Å². The molecule has 4 saturated carbocycles. The maximum atomic E-state index is 12.6. The summed E-state index contributed by atoms with van der Waals surface area (Å²) in [5, 5.41) is 88.1. The lowest BCUT2D eigenvalue weighted by Gasteiger charge is -2.65. The molecule has 20 nitrogen and oxygen atoms in total. The molecule has 5 aliphatic heterocycles. The van der Waals surface area contributed by atoms with E-state index in [0.717, 1.165) is 37.7 Å². The molecule has 392 valence electrons. The summed E-state index contributed by atoms with van der Waals surface area (Å²) in [5.74, 6) is -0.580. The molecule has 0 bridgehead atoms. The van der Waals surface area contributed by atoms with Gasteiger partial charge in [0.15, 0.2) is 25.2 Å². The van der Waals surface area contributed by atoms with Gasteiger partial charge in [-0.05, 0) is 107 Å². The fraction of sp³-hybridized carbons (Fsp3) is 0.918. The minimum atomic E-state index is -1.69. The minimum Gasteiger partial charge on any atom is -0.459 e. The molecule has 4 saturated heterocycles. The number of esters is 2. The third-order valence-corrected chi connectivity index (χ3v) is 18.4. The van der Waals surface area contributed by atoms with Crippen molar-refractivity contribution in [1.29, 1.82) is 0 Å². The molecule has 5 heterocycles. The number of cyclic esters (lactones) is 1. The highest BCUT2D eigenvalue weighted by Gasteiger charge is 2.71. The molecule has 4 aliphatic carbocycles. The van der Waals surface area contributed by atoms with Crippen molar-refractivity contribution in [3.8, 4) is 0 Å². The molecule has 9 aliphatic rings. The van der Waals surface area contributed by atoms with Gasteiger partial charge < -0.3 is 88.2 Å². The number of carbonyl (C=O) groups is 2. The van der Waals surface area contributed by atoms with Crippen LogP contribution in [0.3, 0.4) is 0 Å². The Labute approximate surface area is 402 Å². The molecular formula is C49H76O20. The van der Waals surface area contributed by atoms with Crippen LogP contribution in [0.4, 0.5) is 0 Å². The van der Waals surface area contributed by atoms with E-state index >= 15 is 0 Å². The molecule has 0 aromatic heterocycles. The Kier molecular flexibility index (Phi) is 15.1. The second-order valence-electron chi connectivity index (χ2n) is 22.2. The van der Waals surface area contributed by atoms with Crippen LogP contribution in [0.15, 0.2) is 11.6 Å². The average molecular weight is 985 g/mol. The van der Waals surface area contributed by atoms with E-state index in [1.165, 1.54) is 6.92 Å². The molecule has 20 heteroatoms. The Morgan fingerprint density at radius 3 is 1.93 bits per heavy atom. The van der Waals surface area contributed by atoms with Gasteiger partial charge >= 0.3 is 11.9 Å². The summed E-state index contributed by atoms with van der Waals surface area (Å²) in [6.45, 7) is 10.3. The molecular weight excluding hydrogens is 909 g/mol. The smallest absolute Gasteiger partial charge is 0.331 e. The van der Waals surface area contributed by atoms with Crippen LogP contribution in [0.25, 0.3) is 0 Å². The van der Waals surface area contributed by atoms with Gasteiger partial charge in [-0.15, -0.1) is 0 Å². The van der Waals surface area contributed by atoms with Crippen LogP contribution >= 0.6 is 0 Å². The van der Waals surface area contributed by atoms with Gasteiger partial charge in [-0.2, -0.15) is 0 Å². The first kappa shape index (κ1) is 51.9. The lowest BCUT2D eigenvalue weighted by atomic mass is 9.42. The zero-order valence-corrected chi connectivity index (χ0v) is 40.5. The van der Waals surface area contributed by atoms with Crippen molar-refractivity contribution < 1.29 is 97.8 Å². The van der Waals surface area contributed by atoms with Gasteiger partial charge in [-0.3, -0.25) is 4.79 Å². The van der Waals surface area contributed by atoms with Gasteiger partial charge in [-0.1, -0.05) is 13.8 Å². The minimum absolute atomic E-state index is 0.00421. The maximum Gasteiger partial charge on any atom is 0.331 e. The van der Waals surface area contributed by atoms with E-state index < -0.39 is 134 Å². The summed E-state index contributed by atoms with van der Waals surface area (Å²) in [5.41, 5.74) is -1.01. The fourth-order valence-electron chi connectivity index (χ4n) is 14.6. The van der Waals surface area contributed by atoms with Crippen molar-refractivity contribution in [1.82, 2.24) is 0 Å². The molecule has 3 unspecified atom stereocenters. The first-order valence-corrected chi connectivity index (χ1v) is 25.3. The van der Waals surface area contributed by atoms with Crippen molar-refractivity contribution >= 4 is 11.9 Å². The molecule has 69 heavy (non-hydrogen) atoms. The SMILES string of the molecule is CC(=O)O[C@H]1C[C@H](O[C@H]2[C@@H](O)C[C@H](O[C@H]3[C@@H](O)C[C@@H](O[C@H]4CCC5(C)[C@H](CCC6[C@@H]5C[C@@H](O)[C@@]5(C)C(C7=CC(=O)OC7)CC[C@]65O)C4)O[C@@H]3C)O[C@@H]2C)O[C@H](C)[C@@H]1O[C@@H]1O[C@H](CO)[C@@H](O)[C@H](O)[C@H]1O. The number of aliphatic hydroxyl groups is 8. The second-order valence-corrected chi connectivity index (χ2v) is 22.2. The number of ether oxygens (including phenoxy) is 10. The van der Waals surface area contributed by atoms with Crippen molar-refractivity contribution in [2.45, 2.75) is 234 Å². The fourth-order valence-corrected chi connectivity index (χ4v) is 14.6. The molecule has 9 rings (SSSR count).